The Bertz CT molecular complexity index is 723. The zero-order valence-corrected chi connectivity index (χ0v) is 12.5. The van der Waals surface area contributed by atoms with E-state index < -0.39 is 38.9 Å². The Morgan fingerprint density at radius 1 is 1.14 bits per heavy atom. The lowest BCUT2D eigenvalue weighted by molar-refractivity contribution is -0.126. The van der Waals surface area contributed by atoms with E-state index in [-0.39, 0.29) is 5.69 Å². The number of rotatable bonds is 3. The Balaban J connectivity index is 2.35. The van der Waals surface area contributed by atoms with E-state index in [2.05, 4.69) is 4.72 Å². The predicted molar refractivity (Wildman–Crippen MR) is 76.4 cm³/mol. The molecule has 1 atom stereocenters. The minimum absolute atomic E-state index is 0.0456. The molecule has 1 heterocycles. The molecule has 118 valence electrons. The summed E-state index contributed by atoms with van der Waals surface area (Å²) in [5.74, 6) is -2.22. The van der Waals surface area contributed by atoms with Crippen molar-refractivity contribution in [3.8, 4) is 0 Å². The van der Waals surface area contributed by atoms with Crippen LogP contribution in [-0.4, -0.2) is 55.3 Å². The molecule has 0 radical (unpaired) electrons. The minimum atomic E-state index is -4.32. The molecule has 2 rings (SSSR count). The molecule has 1 aromatic carbocycles. The molecule has 3 amide bonds. The van der Waals surface area contributed by atoms with Gasteiger partial charge in [-0.3, -0.25) is 24.7 Å². The second kappa shape index (κ2) is 5.37. The van der Waals surface area contributed by atoms with Gasteiger partial charge in [0.05, 0.1) is 0 Å². The van der Waals surface area contributed by atoms with Gasteiger partial charge in [-0.05, 0) is 24.3 Å². The van der Waals surface area contributed by atoms with Gasteiger partial charge in [0.15, 0.2) is 0 Å². The van der Waals surface area contributed by atoms with Crippen LogP contribution in [0.3, 0.4) is 0 Å². The highest BCUT2D eigenvalue weighted by molar-refractivity contribution is 7.94. The number of benzene rings is 1. The zero-order valence-electron chi connectivity index (χ0n) is 11.7. The van der Waals surface area contributed by atoms with Gasteiger partial charge in [-0.25, -0.2) is 17.6 Å². The summed E-state index contributed by atoms with van der Waals surface area (Å²) in [7, 11) is -1.98. The lowest BCUT2D eigenvalue weighted by Gasteiger charge is -2.34. The molecule has 0 bridgehead atoms. The van der Waals surface area contributed by atoms with Crippen LogP contribution in [0.2, 0.25) is 0 Å². The third-order valence-corrected chi connectivity index (χ3v) is 4.72. The first-order chi connectivity index (χ1) is 10.1. The number of carbonyl (C=O) groups is 2. The maximum Gasteiger partial charge on any atom is 0.331 e. The first-order valence-electron chi connectivity index (χ1n) is 6.06. The number of nitrogens with one attached hydrogen (secondary N) is 2. The summed E-state index contributed by atoms with van der Waals surface area (Å²) in [6, 6.07) is 3.68. The van der Waals surface area contributed by atoms with E-state index in [4.69, 9.17) is 5.41 Å². The summed E-state index contributed by atoms with van der Waals surface area (Å²) in [4.78, 5) is 25.1. The van der Waals surface area contributed by atoms with E-state index >= 15 is 0 Å². The molecule has 1 aliphatic heterocycles. The van der Waals surface area contributed by atoms with Gasteiger partial charge in [0, 0.05) is 19.8 Å². The number of urea groups is 1. The highest BCUT2D eigenvalue weighted by atomic mass is 32.2. The molecular formula is C12H13FN4O4S. The number of sulfonamides is 1. The number of halogens is 1. The zero-order chi connectivity index (χ0) is 16.7. The van der Waals surface area contributed by atoms with Crippen LogP contribution >= 0.6 is 0 Å². The first-order valence-corrected chi connectivity index (χ1v) is 7.60. The van der Waals surface area contributed by atoms with Crippen LogP contribution in [-0.2, 0) is 14.8 Å². The van der Waals surface area contributed by atoms with Gasteiger partial charge in [0.1, 0.15) is 11.7 Å². The van der Waals surface area contributed by atoms with Crippen LogP contribution < -0.4 is 4.72 Å². The third kappa shape index (κ3) is 2.64. The molecule has 8 nitrogen and oxygen atoms in total. The van der Waals surface area contributed by atoms with Crippen molar-refractivity contribution in [3.63, 3.8) is 0 Å². The fourth-order valence-electron chi connectivity index (χ4n) is 1.91. The molecule has 1 saturated heterocycles. The van der Waals surface area contributed by atoms with Gasteiger partial charge in [-0.2, -0.15) is 0 Å². The smallest absolute Gasteiger partial charge is 0.286 e. The van der Waals surface area contributed by atoms with Crippen molar-refractivity contribution in [2.45, 2.75) is 5.25 Å². The van der Waals surface area contributed by atoms with Crippen molar-refractivity contribution >= 4 is 33.5 Å². The molecule has 10 heteroatoms. The Morgan fingerprint density at radius 2 is 1.68 bits per heavy atom. The van der Waals surface area contributed by atoms with Crippen LogP contribution in [0.4, 0.5) is 14.9 Å². The molecule has 1 aromatic rings. The van der Waals surface area contributed by atoms with E-state index in [1.165, 1.54) is 19.2 Å². The van der Waals surface area contributed by atoms with Crippen molar-refractivity contribution in [2.24, 2.45) is 0 Å². The maximum atomic E-state index is 12.8. The number of hydrogen-bond donors (Lipinski definition) is 2. The lowest BCUT2D eigenvalue weighted by atomic mass is 10.2. The predicted octanol–water partition coefficient (Wildman–Crippen LogP) is 0.437. The van der Waals surface area contributed by atoms with Gasteiger partial charge in [-0.15, -0.1) is 0 Å². The third-order valence-electron chi connectivity index (χ3n) is 3.15. The van der Waals surface area contributed by atoms with Crippen molar-refractivity contribution < 1.29 is 22.4 Å². The number of hydrogen-bond acceptors (Lipinski definition) is 5. The summed E-state index contributed by atoms with van der Waals surface area (Å²) in [5.41, 5.74) is 0.0456. The van der Waals surface area contributed by atoms with Gasteiger partial charge in [-0.1, -0.05) is 0 Å². The topological polar surface area (TPSA) is 111 Å². The standard InChI is InChI=1S/C12H13FN4O4S/c1-16-10(14)9(11(18)17(2)12(16)19)22(20,21)15-8-5-3-7(13)4-6-8/h3-6,9,14-15H,1-2H3. The summed E-state index contributed by atoms with van der Waals surface area (Å²) in [5, 5.41) is 5.88. The number of carbonyl (C=O) groups excluding carboxylic acids is 2. The number of anilines is 1. The molecular weight excluding hydrogens is 315 g/mol. The van der Waals surface area contributed by atoms with Crippen molar-refractivity contribution in [1.29, 1.82) is 5.41 Å². The quantitative estimate of drug-likeness (QED) is 0.838. The van der Waals surface area contributed by atoms with Crippen LogP contribution in [0, 0.1) is 11.2 Å². The van der Waals surface area contributed by atoms with E-state index in [1.807, 2.05) is 0 Å². The second-order valence-corrected chi connectivity index (χ2v) is 6.42. The van der Waals surface area contributed by atoms with Gasteiger partial charge in [0.2, 0.25) is 5.25 Å². The van der Waals surface area contributed by atoms with Gasteiger partial charge < -0.3 is 0 Å². The fourth-order valence-corrected chi connectivity index (χ4v) is 3.37. The van der Waals surface area contributed by atoms with Crippen LogP contribution in [0.1, 0.15) is 0 Å². The van der Waals surface area contributed by atoms with Crippen LogP contribution in [0.15, 0.2) is 24.3 Å². The number of amides is 3. The SMILES string of the molecule is CN1C(=N)C(S(=O)(=O)Nc2ccc(F)cc2)C(=O)N(C)C1=O. The number of nitrogens with zero attached hydrogens (tertiary/aromatic N) is 2. The highest BCUT2D eigenvalue weighted by Gasteiger charge is 2.47. The first kappa shape index (κ1) is 15.9. The average molecular weight is 328 g/mol. The van der Waals surface area contributed by atoms with Gasteiger partial charge >= 0.3 is 6.03 Å². The number of amidine groups is 1. The minimum Gasteiger partial charge on any atom is -0.286 e. The molecule has 2 N–H and O–H groups in total. The number of imide groups is 1. The monoisotopic (exact) mass is 328 g/mol. The molecule has 0 saturated carbocycles. The molecule has 0 aromatic heterocycles. The van der Waals surface area contributed by atoms with Crippen molar-refractivity contribution in [3.05, 3.63) is 30.1 Å². The van der Waals surface area contributed by atoms with Crippen LogP contribution in [0.25, 0.3) is 0 Å². The Labute approximate surface area is 126 Å². The van der Waals surface area contributed by atoms with Crippen molar-refractivity contribution in [1.82, 2.24) is 9.80 Å². The van der Waals surface area contributed by atoms with Gasteiger partial charge in [0.25, 0.3) is 15.9 Å². The molecule has 1 fully saturated rings. The molecule has 1 unspecified atom stereocenters. The normalized spacial score (nSPS) is 19.6. The molecule has 1 aliphatic rings. The second-order valence-electron chi connectivity index (χ2n) is 4.66. The highest BCUT2D eigenvalue weighted by Crippen LogP contribution is 2.19. The lowest BCUT2D eigenvalue weighted by Crippen LogP contribution is -2.62. The summed E-state index contributed by atoms with van der Waals surface area (Å²) < 4.78 is 39.6. The van der Waals surface area contributed by atoms with E-state index in [9.17, 15) is 22.4 Å². The van der Waals surface area contributed by atoms with Crippen molar-refractivity contribution in [2.75, 3.05) is 18.8 Å². The molecule has 0 aliphatic carbocycles. The largest absolute Gasteiger partial charge is 0.331 e. The fraction of sp³-hybridized carbons (Fsp3) is 0.250. The van der Waals surface area contributed by atoms with Crippen LogP contribution in [0.5, 0.6) is 0 Å². The van der Waals surface area contributed by atoms with E-state index in [0.29, 0.717) is 4.90 Å². The Morgan fingerprint density at radius 3 is 2.23 bits per heavy atom. The molecule has 22 heavy (non-hydrogen) atoms. The maximum absolute atomic E-state index is 12.8. The molecule has 0 spiro atoms. The Kier molecular flexibility index (Phi) is 3.88. The summed E-state index contributed by atoms with van der Waals surface area (Å²) in [6.07, 6.45) is 0. The summed E-state index contributed by atoms with van der Waals surface area (Å²) in [6.45, 7) is 0. The Hall–Kier alpha value is -2.49. The summed E-state index contributed by atoms with van der Waals surface area (Å²) >= 11 is 0. The van der Waals surface area contributed by atoms with E-state index in [1.54, 1.807) is 0 Å². The van der Waals surface area contributed by atoms with E-state index in [0.717, 1.165) is 24.1 Å². The average Bonchev–Trinajstić information content (AvgIpc) is 2.45.